The van der Waals surface area contributed by atoms with Gasteiger partial charge in [-0.15, -0.1) is 0 Å². The second-order valence-corrected chi connectivity index (χ2v) is 4.91. The molecule has 3 nitrogen and oxygen atoms in total. The SMILES string of the molecule is C[C@@H](NC(=O)c1ccccc1CCN)c1ccccc1F. The minimum absolute atomic E-state index is 0.213. The Bertz CT molecular complexity index is 628. The molecule has 2 aromatic rings. The van der Waals surface area contributed by atoms with Crippen molar-refractivity contribution in [2.45, 2.75) is 19.4 Å². The van der Waals surface area contributed by atoms with E-state index in [9.17, 15) is 9.18 Å². The molecule has 2 rings (SSSR count). The summed E-state index contributed by atoms with van der Waals surface area (Å²) >= 11 is 0. The second kappa shape index (κ2) is 6.99. The molecule has 110 valence electrons. The lowest BCUT2D eigenvalue weighted by Crippen LogP contribution is -2.28. The summed E-state index contributed by atoms with van der Waals surface area (Å²) < 4.78 is 13.7. The van der Waals surface area contributed by atoms with Crippen molar-refractivity contribution < 1.29 is 9.18 Å². The Hall–Kier alpha value is -2.20. The fraction of sp³-hybridized carbons (Fsp3) is 0.235. The second-order valence-electron chi connectivity index (χ2n) is 4.91. The van der Waals surface area contributed by atoms with Gasteiger partial charge in [0, 0.05) is 11.1 Å². The first kappa shape index (κ1) is 15.2. The molecule has 4 heteroatoms. The van der Waals surface area contributed by atoms with Crippen molar-refractivity contribution in [2.75, 3.05) is 6.54 Å². The van der Waals surface area contributed by atoms with Gasteiger partial charge in [-0.25, -0.2) is 4.39 Å². The highest BCUT2D eigenvalue weighted by molar-refractivity contribution is 5.95. The zero-order valence-electron chi connectivity index (χ0n) is 12.0. The molecule has 0 heterocycles. The molecule has 0 aliphatic carbocycles. The number of halogens is 1. The molecule has 0 saturated heterocycles. The highest BCUT2D eigenvalue weighted by atomic mass is 19.1. The number of carbonyl (C=O) groups is 1. The molecule has 0 unspecified atom stereocenters. The summed E-state index contributed by atoms with van der Waals surface area (Å²) in [6.07, 6.45) is 0.637. The van der Waals surface area contributed by atoms with Crippen LogP contribution in [0, 0.1) is 5.82 Å². The Balaban J connectivity index is 2.17. The first-order valence-electron chi connectivity index (χ1n) is 6.96. The van der Waals surface area contributed by atoms with Gasteiger partial charge in [-0.3, -0.25) is 4.79 Å². The van der Waals surface area contributed by atoms with Gasteiger partial charge in [0.1, 0.15) is 5.82 Å². The predicted molar refractivity (Wildman–Crippen MR) is 81.5 cm³/mol. The lowest BCUT2D eigenvalue weighted by molar-refractivity contribution is 0.0938. The molecule has 0 aliphatic heterocycles. The third-order valence-corrected chi connectivity index (χ3v) is 3.39. The first-order chi connectivity index (χ1) is 10.1. The fourth-order valence-electron chi connectivity index (χ4n) is 2.29. The molecule has 21 heavy (non-hydrogen) atoms. The van der Waals surface area contributed by atoms with Crippen LogP contribution in [-0.2, 0) is 6.42 Å². The van der Waals surface area contributed by atoms with E-state index in [2.05, 4.69) is 5.32 Å². The summed E-state index contributed by atoms with van der Waals surface area (Å²) in [7, 11) is 0. The minimum atomic E-state index is -0.398. The van der Waals surface area contributed by atoms with Gasteiger partial charge < -0.3 is 11.1 Å². The normalized spacial score (nSPS) is 12.0. The highest BCUT2D eigenvalue weighted by Crippen LogP contribution is 2.17. The van der Waals surface area contributed by atoms with E-state index >= 15 is 0 Å². The number of amides is 1. The van der Waals surface area contributed by atoms with Crippen molar-refractivity contribution in [2.24, 2.45) is 5.73 Å². The zero-order valence-corrected chi connectivity index (χ0v) is 12.0. The molecule has 3 N–H and O–H groups in total. The maximum atomic E-state index is 13.7. The number of nitrogens with two attached hydrogens (primary N) is 1. The van der Waals surface area contributed by atoms with E-state index < -0.39 is 6.04 Å². The fourth-order valence-corrected chi connectivity index (χ4v) is 2.29. The maximum absolute atomic E-state index is 13.7. The summed E-state index contributed by atoms with van der Waals surface area (Å²) in [6, 6.07) is 13.4. The van der Waals surface area contributed by atoms with E-state index in [0.717, 1.165) is 5.56 Å². The van der Waals surface area contributed by atoms with E-state index in [-0.39, 0.29) is 11.7 Å². The quantitative estimate of drug-likeness (QED) is 0.888. The summed E-state index contributed by atoms with van der Waals surface area (Å²) in [6.45, 7) is 2.25. The molecule has 2 aromatic carbocycles. The number of nitrogens with one attached hydrogen (secondary N) is 1. The average molecular weight is 286 g/mol. The van der Waals surface area contributed by atoms with Gasteiger partial charge in [-0.2, -0.15) is 0 Å². The Morgan fingerprint density at radius 3 is 2.57 bits per heavy atom. The third kappa shape index (κ3) is 3.67. The number of rotatable bonds is 5. The molecule has 0 fully saturated rings. The van der Waals surface area contributed by atoms with Gasteiger partial charge in [0.15, 0.2) is 0 Å². The summed E-state index contributed by atoms with van der Waals surface area (Å²) in [5.41, 5.74) is 7.52. The van der Waals surface area contributed by atoms with Crippen LogP contribution in [0.3, 0.4) is 0 Å². The molecule has 0 aromatic heterocycles. The summed E-state index contributed by atoms with van der Waals surface area (Å²) in [5, 5.41) is 2.83. The molecule has 1 atom stereocenters. The lowest BCUT2D eigenvalue weighted by atomic mass is 10.0. The number of hydrogen-bond acceptors (Lipinski definition) is 2. The molecular formula is C17H19FN2O. The minimum Gasteiger partial charge on any atom is -0.345 e. The van der Waals surface area contributed by atoms with Crippen molar-refractivity contribution in [3.05, 3.63) is 71.0 Å². The Labute approximate surface area is 124 Å². The van der Waals surface area contributed by atoms with Gasteiger partial charge in [-0.1, -0.05) is 36.4 Å². The van der Waals surface area contributed by atoms with E-state index in [1.807, 2.05) is 18.2 Å². The van der Waals surface area contributed by atoms with Gasteiger partial charge >= 0.3 is 0 Å². The molecule has 0 saturated carbocycles. The molecule has 0 aliphatic rings. The van der Waals surface area contributed by atoms with Crippen LogP contribution in [0.1, 0.15) is 34.5 Å². The van der Waals surface area contributed by atoms with E-state index in [4.69, 9.17) is 5.73 Å². The van der Waals surface area contributed by atoms with E-state index in [0.29, 0.717) is 24.1 Å². The van der Waals surface area contributed by atoms with Crippen molar-refractivity contribution in [3.63, 3.8) is 0 Å². The molecule has 0 bridgehead atoms. The molecule has 1 amide bonds. The van der Waals surface area contributed by atoms with Gasteiger partial charge in [-0.05, 0) is 37.6 Å². The van der Waals surface area contributed by atoms with Crippen molar-refractivity contribution in [1.29, 1.82) is 0 Å². The molecule has 0 spiro atoms. The van der Waals surface area contributed by atoms with E-state index in [1.54, 1.807) is 31.2 Å². The van der Waals surface area contributed by atoms with Crippen LogP contribution in [0.2, 0.25) is 0 Å². The van der Waals surface area contributed by atoms with Crippen LogP contribution in [0.25, 0.3) is 0 Å². The summed E-state index contributed by atoms with van der Waals surface area (Å²) in [4.78, 5) is 12.4. The Morgan fingerprint density at radius 1 is 1.19 bits per heavy atom. The number of carbonyl (C=O) groups excluding carboxylic acids is 1. The van der Waals surface area contributed by atoms with Crippen LogP contribution in [0.15, 0.2) is 48.5 Å². The zero-order chi connectivity index (χ0) is 15.2. The van der Waals surface area contributed by atoms with Crippen LogP contribution in [0.4, 0.5) is 4.39 Å². The maximum Gasteiger partial charge on any atom is 0.252 e. The molecular weight excluding hydrogens is 267 g/mol. The predicted octanol–water partition coefficient (Wildman–Crippen LogP) is 2.82. The van der Waals surface area contributed by atoms with Crippen LogP contribution >= 0.6 is 0 Å². The monoisotopic (exact) mass is 286 g/mol. The van der Waals surface area contributed by atoms with Crippen molar-refractivity contribution in [3.8, 4) is 0 Å². The Kier molecular flexibility index (Phi) is 5.06. The summed E-state index contributed by atoms with van der Waals surface area (Å²) in [5.74, 6) is -0.532. The van der Waals surface area contributed by atoms with Gasteiger partial charge in [0.05, 0.1) is 6.04 Å². The number of benzene rings is 2. The average Bonchev–Trinajstić information content (AvgIpc) is 2.48. The van der Waals surface area contributed by atoms with Crippen molar-refractivity contribution in [1.82, 2.24) is 5.32 Å². The van der Waals surface area contributed by atoms with E-state index in [1.165, 1.54) is 6.07 Å². The van der Waals surface area contributed by atoms with Crippen molar-refractivity contribution >= 4 is 5.91 Å². The topological polar surface area (TPSA) is 55.1 Å². The standard InChI is InChI=1S/C17H19FN2O/c1-12(14-7-4-5-9-16(14)18)20-17(21)15-8-3-2-6-13(15)10-11-19/h2-9,12H,10-11,19H2,1H3,(H,20,21)/t12-/m1/s1. The lowest BCUT2D eigenvalue weighted by Gasteiger charge is -2.16. The first-order valence-corrected chi connectivity index (χ1v) is 6.96. The van der Waals surface area contributed by atoms with Gasteiger partial charge in [0.25, 0.3) is 5.91 Å². The van der Waals surface area contributed by atoms with Crippen LogP contribution in [-0.4, -0.2) is 12.5 Å². The van der Waals surface area contributed by atoms with Crippen LogP contribution < -0.4 is 11.1 Å². The molecule has 0 radical (unpaired) electrons. The number of hydrogen-bond donors (Lipinski definition) is 2. The smallest absolute Gasteiger partial charge is 0.252 e. The van der Waals surface area contributed by atoms with Crippen LogP contribution in [0.5, 0.6) is 0 Å². The third-order valence-electron chi connectivity index (χ3n) is 3.39. The highest BCUT2D eigenvalue weighted by Gasteiger charge is 2.16. The van der Waals surface area contributed by atoms with Gasteiger partial charge in [0.2, 0.25) is 0 Å². The largest absolute Gasteiger partial charge is 0.345 e. The Morgan fingerprint density at radius 2 is 1.86 bits per heavy atom.